The molecule has 1 N–H and O–H groups in total. The summed E-state index contributed by atoms with van der Waals surface area (Å²) in [7, 11) is 1.58. The number of amides is 1. The van der Waals surface area contributed by atoms with E-state index in [0.29, 0.717) is 26.0 Å². The van der Waals surface area contributed by atoms with Crippen LogP contribution >= 0.6 is 0 Å². The zero-order valence-electron chi connectivity index (χ0n) is 11.4. The van der Waals surface area contributed by atoms with E-state index in [4.69, 9.17) is 4.74 Å². The summed E-state index contributed by atoms with van der Waals surface area (Å²) in [5.74, 6) is -1.22. The monoisotopic (exact) mass is 257 g/mol. The molecule has 0 aromatic rings. The van der Waals surface area contributed by atoms with Crippen molar-refractivity contribution in [1.82, 2.24) is 4.90 Å². The number of nitrogens with zero attached hydrogens (tertiary/aromatic N) is 1. The molecule has 1 aliphatic carbocycles. The van der Waals surface area contributed by atoms with Crippen LogP contribution in [0.5, 0.6) is 0 Å². The van der Waals surface area contributed by atoms with Crippen LogP contribution in [0.1, 0.15) is 39.5 Å². The van der Waals surface area contributed by atoms with Crippen molar-refractivity contribution in [3.8, 4) is 0 Å². The van der Waals surface area contributed by atoms with Crippen molar-refractivity contribution in [3.05, 3.63) is 0 Å². The van der Waals surface area contributed by atoms with Crippen molar-refractivity contribution >= 4 is 11.9 Å². The van der Waals surface area contributed by atoms with Crippen molar-refractivity contribution in [3.63, 3.8) is 0 Å². The first kappa shape index (κ1) is 15.0. The molecular formula is C13H23NO4. The summed E-state index contributed by atoms with van der Waals surface area (Å²) in [6.45, 7) is 4.94. The molecule has 0 unspecified atom stereocenters. The van der Waals surface area contributed by atoms with Gasteiger partial charge in [0.05, 0.1) is 6.61 Å². The third-order valence-corrected chi connectivity index (χ3v) is 3.75. The van der Waals surface area contributed by atoms with Crippen LogP contribution < -0.4 is 0 Å². The minimum Gasteiger partial charge on any atom is -0.480 e. The maximum absolute atomic E-state index is 12.4. The van der Waals surface area contributed by atoms with E-state index in [-0.39, 0.29) is 11.9 Å². The summed E-state index contributed by atoms with van der Waals surface area (Å²) >= 11 is 0. The van der Waals surface area contributed by atoms with E-state index in [9.17, 15) is 14.7 Å². The predicted octanol–water partition coefficient (Wildman–Crippen LogP) is 1.51. The van der Waals surface area contributed by atoms with Gasteiger partial charge in [0.1, 0.15) is 5.41 Å². The number of hydrogen-bond acceptors (Lipinski definition) is 3. The van der Waals surface area contributed by atoms with Gasteiger partial charge in [0, 0.05) is 19.7 Å². The second-order valence-electron chi connectivity index (χ2n) is 4.85. The fourth-order valence-corrected chi connectivity index (χ4v) is 2.29. The summed E-state index contributed by atoms with van der Waals surface area (Å²) in [5.41, 5.74) is -1.14. The average Bonchev–Trinajstić information content (AvgIpc) is 3.15. The molecule has 1 rings (SSSR count). The van der Waals surface area contributed by atoms with E-state index in [1.54, 1.807) is 12.0 Å². The lowest BCUT2D eigenvalue weighted by molar-refractivity contribution is -0.155. The average molecular weight is 257 g/mol. The van der Waals surface area contributed by atoms with Crippen LogP contribution in [0.4, 0.5) is 0 Å². The Morgan fingerprint density at radius 1 is 1.33 bits per heavy atom. The molecule has 0 atom stereocenters. The molecule has 0 heterocycles. The number of methoxy groups -OCH3 is 1. The fraction of sp³-hybridized carbons (Fsp3) is 0.846. The third kappa shape index (κ3) is 2.83. The number of aliphatic carboxylic acids is 1. The minimum atomic E-state index is -1.14. The molecular weight excluding hydrogens is 234 g/mol. The Balaban J connectivity index is 2.82. The second kappa shape index (κ2) is 6.18. The Morgan fingerprint density at radius 2 is 1.89 bits per heavy atom. The second-order valence-corrected chi connectivity index (χ2v) is 4.85. The number of ether oxygens (including phenoxy) is 1. The highest BCUT2D eigenvalue weighted by atomic mass is 16.5. The summed E-state index contributed by atoms with van der Waals surface area (Å²) in [6.07, 6.45) is 2.60. The summed E-state index contributed by atoms with van der Waals surface area (Å²) in [6, 6.07) is 0.101. The zero-order valence-corrected chi connectivity index (χ0v) is 11.4. The zero-order chi connectivity index (χ0) is 13.8. The topological polar surface area (TPSA) is 66.8 Å². The standard InChI is InChI=1S/C13H23NO4/c1-4-10(5-2)14(8-9-18-3)11(15)13(6-7-13)12(16)17/h10H,4-9H2,1-3H3,(H,16,17). The van der Waals surface area contributed by atoms with Gasteiger partial charge in [-0.25, -0.2) is 0 Å². The molecule has 5 nitrogen and oxygen atoms in total. The molecule has 0 spiro atoms. The molecule has 18 heavy (non-hydrogen) atoms. The van der Waals surface area contributed by atoms with Crippen LogP contribution in [0.3, 0.4) is 0 Å². The van der Waals surface area contributed by atoms with Crippen LogP contribution in [-0.2, 0) is 14.3 Å². The first-order valence-electron chi connectivity index (χ1n) is 6.56. The van der Waals surface area contributed by atoms with Gasteiger partial charge in [-0.3, -0.25) is 9.59 Å². The molecule has 1 aliphatic rings. The van der Waals surface area contributed by atoms with Gasteiger partial charge in [-0.05, 0) is 25.7 Å². The molecule has 0 bridgehead atoms. The van der Waals surface area contributed by atoms with Gasteiger partial charge < -0.3 is 14.7 Å². The Bertz CT molecular complexity index is 308. The number of carbonyl (C=O) groups is 2. The minimum absolute atomic E-state index is 0.101. The molecule has 0 saturated heterocycles. The lowest BCUT2D eigenvalue weighted by atomic mass is 10.0. The molecule has 0 aliphatic heterocycles. The van der Waals surface area contributed by atoms with Gasteiger partial charge >= 0.3 is 5.97 Å². The molecule has 1 amide bonds. The third-order valence-electron chi connectivity index (χ3n) is 3.75. The number of carboxylic acid groups (broad SMARTS) is 1. The lowest BCUT2D eigenvalue weighted by Gasteiger charge is -2.32. The highest BCUT2D eigenvalue weighted by molar-refractivity contribution is 6.04. The highest BCUT2D eigenvalue weighted by Gasteiger charge is 2.58. The van der Waals surface area contributed by atoms with Crippen molar-refractivity contribution in [1.29, 1.82) is 0 Å². The van der Waals surface area contributed by atoms with E-state index in [2.05, 4.69) is 0 Å². The van der Waals surface area contributed by atoms with Crippen molar-refractivity contribution < 1.29 is 19.4 Å². The van der Waals surface area contributed by atoms with E-state index >= 15 is 0 Å². The Kier molecular flexibility index (Phi) is 5.14. The summed E-state index contributed by atoms with van der Waals surface area (Å²) in [5, 5.41) is 9.20. The van der Waals surface area contributed by atoms with Crippen LogP contribution in [0.2, 0.25) is 0 Å². The van der Waals surface area contributed by atoms with Gasteiger partial charge in [0.15, 0.2) is 0 Å². The van der Waals surface area contributed by atoms with Crippen LogP contribution in [0, 0.1) is 5.41 Å². The van der Waals surface area contributed by atoms with E-state index in [1.165, 1.54) is 0 Å². The normalized spacial score (nSPS) is 16.7. The van der Waals surface area contributed by atoms with Gasteiger partial charge in [-0.1, -0.05) is 13.8 Å². The van der Waals surface area contributed by atoms with Crippen LogP contribution in [0.15, 0.2) is 0 Å². The molecule has 5 heteroatoms. The molecule has 0 radical (unpaired) electrons. The SMILES string of the molecule is CCC(CC)N(CCOC)C(=O)C1(C(=O)O)CC1. The quantitative estimate of drug-likeness (QED) is 0.669. The van der Waals surface area contributed by atoms with Gasteiger partial charge in [-0.15, -0.1) is 0 Å². The number of carbonyl (C=O) groups excluding carboxylic acids is 1. The van der Waals surface area contributed by atoms with Gasteiger partial charge in [0.25, 0.3) is 0 Å². The van der Waals surface area contributed by atoms with Crippen LogP contribution in [0.25, 0.3) is 0 Å². The number of rotatable bonds is 8. The maximum atomic E-state index is 12.4. The van der Waals surface area contributed by atoms with Crippen LogP contribution in [-0.4, -0.2) is 48.2 Å². The lowest BCUT2D eigenvalue weighted by Crippen LogP contribution is -2.47. The number of hydrogen-bond donors (Lipinski definition) is 1. The summed E-state index contributed by atoms with van der Waals surface area (Å²) in [4.78, 5) is 25.3. The Morgan fingerprint density at radius 3 is 2.22 bits per heavy atom. The highest BCUT2D eigenvalue weighted by Crippen LogP contribution is 2.47. The van der Waals surface area contributed by atoms with E-state index in [1.807, 2.05) is 13.8 Å². The number of carboxylic acids is 1. The van der Waals surface area contributed by atoms with Gasteiger partial charge in [0.2, 0.25) is 5.91 Å². The first-order valence-corrected chi connectivity index (χ1v) is 6.56. The first-order chi connectivity index (χ1) is 8.53. The van der Waals surface area contributed by atoms with E-state index < -0.39 is 11.4 Å². The van der Waals surface area contributed by atoms with Gasteiger partial charge in [-0.2, -0.15) is 0 Å². The van der Waals surface area contributed by atoms with Crippen molar-refractivity contribution in [2.75, 3.05) is 20.3 Å². The molecule has 104 valence electrons. The summed E-state index contributed by atoms with van der Waals surface area (Å²) < 4.78 is 5.01. The van der Waals surface area contributed by atoms with E-state index in [0.717, 1.165) is 12.8 Å². The largest absolute Gasteiger partial charge is 0.480 e. The Hall–Kier alpha value is -1.10. The smallest absolute Gasteiger partial charge is 0.319 e. The maximum Gasteiger partial charge on any atom is 0.319 e. The predicted molar refractivity (Wildman–Crippen MR) is 67.3 cm³/mol. The molecule has 1 fully saturated rings. The molecule has 0 aromatic heterocycles. The van der Waals surface area contributed by atoms with Crippen molar-refractivity contribution in [2.45, 2.75) is 45.6 Å². The Labute approximate surface area is 108 Å². The van der Waals surface area contributed by atoms with Crippen molar-refractivity contribution in [2.24, 2.45) is 5.41 Å². The molecule has 1 saturated carbocycles. The fourth-order valence-electron chi connectivity index (χ4n) is 2.29. The molecule has 0 aromatic carbocycles.